The first-order chi connectivity index (χ1) is 13.6. The van der Waals surface area contributed by atoms with Crippen molar-refractivity contribution in [1.29, 1.82) is 0 Å². The molecule has 1 fully saturated rings. The summed E-state index contributed by atoms with van der Waals surface area (Å²) in [6.07, 6.45) is 4.98. The molecule has 28 heavy (non-hydrogen) atoms. The second-order valence-electron chi connectivity index (χ2n) is 6.81. The highest BCUT2D eigenvalue weighted by molar-refractivity contribution is 6.00. The lowest BCUT2D eigenvalue weighted by Gasteiger charge is -2.23. The van der Waals surface area contributed by atoms with E-state index in [1.54, 1.807) is 21.8 Å². The van der Waals surface area contributed by atoms with E-state index in [9.17, 15) is 9.59 Å². The summed E-state index contributed by atoms with van der Waals surface area (Å²) in [6.45, 7) is 2.40. The highest BCUT2D eigenvalue weighted by Crippen LogP contribution is 2.22. The molecule has 3 heterocycles. The lowest BCUT2D eigenvalue weighted by atomic mass is 10.2. The van der Waals surface area contributed by atoms with Crippen molar-refractivity contribution in [3.05, 3.63) is 72.3 Å². The molecular formula is C21H21N5O2. The van der Waals surface area contributed by atoms with Gasteiger partial charge in [-0.3, -0.25) is 9.59 Å². The summed E-state index contributed by atoms with van der Waals surface area (Å²) in [4.78, 5) is 31.6. The van der Waals surface area contributed by atoms with E-state index in [0.717, 1.165) is 17.8 Å². The van der Waals surface area contributed by atoms with E-state index in [1.165, 1.54) is 0 Å². The van der Waals surface area contributed by atoms with Crippen LogP contribution in [0.25, 0.3) is 5.69 Å². The molecule has 4 rings (SSSR count). The van der Waals surface area contributed by atoms with Crippen LogP contribution in [0, 0.1) is 6.92 Å². The van der Waals surface area contributed by atoms with E-state index in [0.29, 0.717) is 24.3 Å². The van der Waals surface area contributed by atoms with Crippen molar-refractivity contribution in [2.24, 2.45) is 0 Å². The molecule has 3 aromatic rings. The minimum Gasteiger partial charge on any atom is -0.325 e. The lowest BCUT2D eigenvalue weighted by Crippen LogP contribution is -2.43. The zero-order chi connectivity index (χ0) is 19.5. The number of rotatable bonds is 4. The van der Waals surface area contributed by atoms with Gasteiger partial charge in [-0.25, -0.2) is 9.67 Å². The fourth-order valence-electron chi connectivity index (χ4n) is 3.46. The summed E-state index contributed by atoms with van der Waals surface area (Å²) in [5, 5.41) is 7.14. The van der Waals surface area contributed by atoms with E-state index in [-0.39, 0.29) is 11.8 Å². The van der Waals surface area contributed by atoms with Gasteiger partial charge in [-0.05, 0) is 56.2 Å². The van der Waals surface area contributed by atoms with Crippen LogP contribution in [0.1, 0.15) is 29.0 Å². The Morgan fingerprint density at radius 3 is 2.79 bits per heavy atom. The van der Waals surface area contributed by atoms with Gasteiger partial charge in [0.15, 0.2) is 0 Å². The minimum atomic E-state index is -0.497. The highest BCUT2D eigenvalue weighted by Gasteiger charge is 2.35. The summed E-state index contributed by atoms with van der Waals surface area (Å²) in [7, 11) is 0. The van der Waals surface area contributed by atoms with Gasteiger partial charge >= 0.3 is 0 Å². The SMILES string of the molecule is Cc1cccc(C(=O)N2CCCC2C(=O)Nc2cccc(-n3cccn3)c2)n1. The van der Waals surface area contributed by atoms with Crippen molar-refractivity contribution >= 4 is 17.5 Å². The Morgan fingerprint density at radius 1 is 1.14 bits per heavy atom. The van der Waals surface area contributed by atoms with Crippen molar-refractivity contribution in [2.45, 2.75) is 25.8 Å². The zero-order valence-electron chi connectivity index (χ0n) is 15.6. The smallest absolute Gasteiger partial charge is 0.273 e. The Hall–Kier alpha value is -3.48. The number of likely N-dealkylation sites (tertiary alicyclic amines) is 1. The van der Waals surface area contributed by atoms with Gasteiger partial charge in [0.25, 0.3) is 5.91 Å². The van der Waals surface area contributed by atoms with Crippen LogP contribution < -0.4 is 5.32 Å². The number of carbonyl (C=O) groups is 2. The number of aromatic nitrogens is 3. The average molecular weight is 375 g/mol. The molecule has 1 N–H and O–H groups in total. The van der Waals surface area contributed by atoms with Crippen LogP contribution in [0.3, 0.4) is 0 Å². The topological polar surface area (TPSA) is 80.1 Å². The predicted molar refractivity (Wildman–Crippen MR) is 105 cm³/mol. The minimum absolute atomic E-state index is 0.184. The van der Waals surface area contributed by atoms with Crippen molar-refractivity contribution in [2.75, 3.05) is 11.9 Å². The number of benzene rings is 1. The second-order valence-corrected chi connectivity index (χ2v) is 6.81. The van der Waals surface area contributed by atoms with Crippen LogP contribution in [0.2, 0.25) is 0 Å². The van der Waals surface area contributed by atoms with Crippen molar-refractivity contribution < 1.29 is 9.59 Å². The van der Waals surface area contributed by atoms with Crippen LogP contribution in [-0.4, -0.2) is 44.1 Å². The molecule has 1 atom stereocenters. The monoisotopic (exact) mass is 375 g/mol. The molecule has 1 unspecified atom stereocenters. The molecule has 0 saturated carbocycles. The number of pyridine rings is 1. The number of nitrogens with one attached hydrogen (secondary N) is 1. The van der Waals surface area contributed by atoms with E-state index in [4.69, 9.17) is 0 Å². The zero-order valence-corrected chi connectivity index (χ0v) is 15.6. The van der Waals surface area contributed by atoms with Gasteiger partial charge in [0.05, 0.1) is 5.69 Å². The number of hydrogen-bond acceptors (Lipinski definition) is 4. The summed E-state index contributed by atoms with van der Waals surface area (Å²) in [5.41, 5.74) is 2.68. The molecule has 7 nitrogen and oxygen atoms in total. The number of amides is 2. The fraction of sp³-hybridized carbons (Fsp3) is 0.238. The lowest BCUT2D eigenvalue weighted by molar-refractivity contribution is -0.119. The summed E-state index contributed by atoms with van der Waals surface area (Å²) in [5.74, 6) is -0.386. The molecule has 0 aliphatic carbocycles. The van der Waals surface area contributed by atoms with E-state index < -0.39 is 6.04 Å². The molecule has 0 bridgehead atoms. The first kappa shape index (κ1) is 17.9. The van der Waals surface area contributed by atoms with E-state index >= 15 is 0 Å². The maximum Gasteiger partial charge on any atom is 0.273 e. The molecule has 1 aromatic carbocycles. The van der Waals surface area contributed by atoms with Gasteiger partial charge in [-0.1, -0.05) is 12.1 Å². The predicted octanol–water partition coefficient (Wildman–Crippen LogP) is 2.82. The van der Waals surface area contributed by atoms with E-state index in [1.807, 2.05) is 55.6 Å². The Bertz CT molecular complexity index is 1000. The molecule has 1 aliphatic heterocycles. The standard InChI is InChI=1S/C21H21N5O2/c1-15-6-2-9-18(23-15)21(28)25-12-4-10-19(25)20(27)24-16-7-3-8-17(14-16)26-13-5-11-22-26/h2-3,5-9,11,13-14,19H,4,10,12H2,1H3,(H,24,27). The van der Waals surface area contributed by atoms with Gasteiger partial charge in [0, 0.05) is 30.3 Å². The van der Waals surface area contributed by atoms with Crippen LogP contribution in [0.15, 0.2) is 60.9 Å². The molecule has 2 aromatic heterocycles. The molecular weight excluding hydrogens is 354 g/mol. The molecule has 1 saturated heterocycles. The van der Waals surface area contributed by atoms with Gasteiger partial charge in [0.1, 0.15) is 11.7 Å². The maximum atomic E-state index is 12.9. The number of nitrogens with zero attached hydrogens (tertiary/aromatic N) is 4. The number of aryl methyl sites for hydroxylation is 1. The van der Waals surface area contributed by atoms with Gasteiger partial charge < -0.3 is 10.2 Å². The van der Waals surface area contributed by atoms with E-state index in [2.05, 4.69) is 15.4 Å². The molecule has 1 aliphatic rings. The van der Waals surface area contributed by atoms with Crippen molar-refractivity contribution in [1.82, 2.24) is 19.7 Å². The third-order valence-electron chi connectivity index (χ3n) is 4.81. The maximum absolute atomic E-state index is 12.9. The van der Waals surface area contributed by atoms with Crippen LogP contribution >= 0.6 is 0 Å². The van der Waals surface area contributed by atoms with Gasteiger partial charge in [-0.2, -0.15) is 5.10 Å². The third kappa shape index (κ3) is 3.64. The Morgan fingerprint density at radius 2 is 2.00 bits per heavy atom. The summed E-state index contributed by atoms with van der Waals surface area (Å²) in [6, 6.07) is 14.1. The summed E-state index contributed by atoms with van der Waals surface area (Å²) < 4.78 is 1.73. The quantitative estimate of drug-likeness (QED) is 0.760. The molecule has 7 heteroatoms. The largest absolute Gasteiger partial charge is 0.325 e. The third-order valence-corrected chi connectivity index (χ3v) is 4.81. The molecule has 0 spiro atoms. The Kier molecular flexibility index (Phi) is 4.89. The van der Waals surface area contributed by atoms with Crippen LogP contribution in [0.5, 0.6) is 0 Å². The first-order valence-corrected chi connectivity index (χ1v) is 9.27. The van der Waals surface area contributed by atoms with Crippen molar-refractivity contribution in [3.63, 3.8) is 0 Å². The normalized spacial score (nSPS) is 16.2. The highest BCUT2D eigenvalue weighted by atomic mass is 16.2. The van der Waals surface area contributed by atoms with Gasteiger partial charge in [-0.15, -0.1) is 0 Å². The summed E-state index contributed by atoms with van der Waals surface area (Å²) >= 11 is 0. The second kappa shape index (κ2) is 7.64. The molecule has 0 radical (unpaired) electrons. The number of carbonyl (C=O) groups excluding carboxylic acids is 2. The Balaban J connectivity index is 1.50. The average Bonchev–Trinajstić information content (AvgIpc) is 3.39. The first-order valence-electron chi connectivity index (χ1n) is 9.27. The molecule has 2 amide bonds. The van der Waals surface area contributed by atoms with Crippen LogP contribution in [0.4, 0.5) is 5.69 Å². The molecule has 142 valence electrons. The van der Waals surface area contributed by atoms with Crippen molar-refractivity contribution in [3.8, 4) is 5.69 Å². The Labute approximate surface area is 163 Å². The number of anilines is 1. The van der Waals surface area contributed by atoms with Crippen LogP contribution in [-0.2, 0) is 4.79 Å². The fourth-order valence-corrected chi connectivity index (χ4v) is 3.46. The number of hydrogen-bond donors (Lipinski definition) is 1. The van der Waals surface area contributed by atoms with Gasteiger partial charge in [0.2, 0.25) is 5.91 Å².